The molecule has 3 aromatic rings. The molecule has 5 heteroatoms. The number of aryl methyl sites for hydroxylation is 1. The van der Waals surface area contributed by atoms with E-state index in [-0.39, 0.29) is 6.01 Å². The van der Waals surface area contributed by atoms with Crippen molar-refractivity contribution in [3.05, 3.63) is 53.6 Å². The molecule has 3 rings (SSSR count). The average Bonchev–Trinajstić information content (AvgIpc) is 2.88. The number of nitrogens with zero attached hydrogens (tertiary/aromatic N) is 2. The number of nitrogens with two attached hydrogens (primary N) is 1. The number of benzene rings is 2. The van der Waals surface area contributed by atoms with Crippen molar-refractivity contribution in [2.45, 2.75) is 6.92 Å². The van der Waals surface area contributed by atoms with Crippen molar-refractivity contribution in [1.82, 2.24) is 4.98 Å². The van der Waals surface area contributed by atoms with Crippen molar-refractivity contribution < 1.29 is 9.15 Å². The molecule has 106 valence electrons. The fraction of sp³-hybridized carbons (Fsp3) is 0.125. The highest BCUT2D eigenvalue weighted by Crippen LogP contribution is 2.22. The topological polar surface area (TPSA) is 73.6 Å². The molecule has 0 unspecified atom stereocenters. The molecule has 0 aliphatic carbocycles. The minimum Gasteiger partial charge on any atom is -0.497 e. The van der Waals surface area contributed by atoms with Crippen LogP contribution in [0.25, 0.3) is 11.1 Å². The molecule has 2 aromatic carbocycles. The molecule has 0 bridgehead atoms. The summed E-state index contributed by atoms with van der Waals surface area (Å²) in [5.41, 5.74) is 9.36. The van der Waals surface area contributed by atoms with Crippen molar-refractivity contribution in [2.75, 3.05) is 7.11 Å². The largest absolute Gasteiger partial charge is 0.497 e. The number of hydrogen-bond donors (Lipinski definition) is 1. The molecule has 0 fully saturated rings. The summed E-state index contributed by atoms with van der Waals surface area (Å²) in [4.78, 5) is 8.54. The molecule has 0 aliphatic heterocycles. The van der Waals surface area contributed by atoms with Gasteiger partial charge in [-0.25, -0.2) is 0 Å². The third-order valence-electron chi connectivity index (χ3n) is 3.13. The summed E-state index contributed by atoms with van der Waals surface area (Å²) in [5.74, 6) is 1.12. The maximum atomic E-state index is 5.98. The fourth-order valence-corrected chi connectivity index (χ4v) is 2.00. The quantitative estimate of drug-likeness (QED) is 0.591. The second-order valence-corrected chi connectivity index (χ2v) is 4.69. The molecule has 5 nitrogen and oxygen atoms in total. The summed E-state index contributed by atoms with van der Waals surface area (Å²) < 4.78 is 10.7. The third-order valence-corrected chi connectivity index (χ3v) is 3.13. The second-order valence-electron chi connectivity index (χ2n) is 4.69. The summed E-state index contributed by atoms with van der Waals surface area (Å²) in [5, 5.41) is 0. The first-order valence-corrected chi connectivity index (χ1v) is 6.51. The number of rotatable bonds is 3. The number of methoxy groups -OCH3 is 1. The summed E-state index contributed by atoms with van der Waals surface area (Å²) in [6.07, 6.45) is 0. The van der Waals surface area contributed by atoms with Gasteiger partial charge in [0.1, 0.15) is 17.1 Å². The van der Waals surface area contributed by atoms with Crippen LogP contribution in [0.5, 0.6) is 5.75 Å². The first-order valence-electron chi connectivity index (χ1n) is 6.51. The summed E-state index contributed by atoms with van der Waals surface area (Å²) in [6, 6.07) is 13.4. The molecule has 0 saturated heterocycles. The Balaban J connectivity index is 1.94. The smallest absolute Gasteiger partial charge is 0.324 e. The highest BCUT2D eigenvalue weighted by molar-refractivity contribution is 5.98. The predicted molar refractivity (Wildman–Crippen MR) is 82.1 cm³/mol. The Kier molecular flexibility index (Phi) is 3.31. The minimum absolute atomic E-state index is 0.254. The van der Waals surface area contributed by atoms with Gasteiger partial charge in [0.05, 0.1) is 7.11 Å². The minimum atomic E-state index is 0.254. The van der Waals surface area contributed by atoms with Crippen molar-refractivity contribution in [1.29, 1.82) is 0 Å². The number of aromatic nitrogens is 1. The Labute approximate surface area is 122 Å². The first-order chi connectivity index (χ1) is 10.2. The van der Waals surface area contributed by atoms with Crippen molar-refractivity contribution in [3.63, 3.8) is 0 Å². The molecule has 0 spiro atoms. The Morgan fingerprint density at radius 3 is 2.67 bits per heavy atom. The van der Waals surface area contributed by atoms with E-state index in [1.54, 1.807) is 7.11 Å². The molecule has 2 N–H and O–H groups in total. The monoisotopic (exact) mass is 281 g/mol. The van der Waals surface area contributed by atoms with Gasteiger partial charge in [0, 0.05) is 5.56 Å². The zero-order chi connectivity index (χ0) is 14.8. The molecular formula is C16H15N3O2. The van der Waals surface area contributed by atoms with Gasteiger partial charge in [-0.1, -0.05) is 6.07 Å². The lowest BCUT2D eigenvalue weighted by atomic mass is 10.2. The molecule has 1 heterocycles. The van der Waals surface area contributed by atoms with E-state index in [1.165, 1.54) is 0 Å². The van der Waals surface area contributed by atoms with Crippen LogP contribution in [0, 0.1) is 6.92 Å². The van der Waals surface area contributed by atoms with Crippen LogP contribution in [0.2, 0.25) is 0 Å². The average molecular weight is 281 g/mol. The van der Waals surface area contributed by atoms with Crippen LogP contribution in [-0.4, -0.2) is 17.9 Å². The van der Waals surface area contributed by atoms with Gasteiger partial charge in [-0.2, -0.15) is 9.98 Å². The van der Waals surface area contributed by atoms with Crippen LogP contribution in [-0.2, 0) is 0 Å². The maximum absolute atomic E-state index is 5.98. The highest BCUT2D eigenvalue weighted by Gasteiger charge is 2.06. The van der Waals surface area contributed by atoms with E-state index in [1.807, 2.05) is 49.4 Å². The number of fused-ring (bicyclic) bond motifs is 1. The Morgan fingerprint density at radius 1 is 1.19 bits per heavy atom. The lowest BCUT2D eigenvalue weighted by molar-refractivity contribution is 0.415. The Bertz CT molecular complexity index is 804. The lowest BCUT2D eigenvalue weighted by Gasteiger charge is -2.01. The zero-order valence-electron chi connectivity index (χ0n) is 11.8. The van der Waals surface area contributed by atoms with Crippen LogP contribution in [0.4, 0.5) is 6.01 Å². The maximum Gasteiger partial charge on any atom is 0.324 e. The van der Waals surface area contributed by atoms with Gasteiger partial charge in [0.2, 0.25) is 0 Å². The number of oxazole rings is 1. The van der Waals surface area contributed by atoms with Crippen molar-refractivity contribution in [2.24, 2.45) is 10.7 Å². The van der Waals surface area contributed by atoms with E-state index >= 15 is 0 Å². The molecule has 0 saturated carbocycles. The summed E-state index contributed by atoms with van der Waals surface area (Å²) in [7, 11) is 1.62. The van der Waals surface area contributed by atoms with Gasteiger partial charge in [-0.15, -0.1) is 0 Å². The van der Waals surface area contributed by atoms with Gasteiger partial charge >= 0.3 is 6.01 Å². The number of amidine groups is 1. The van der Waals surface area contributed by atoms with Crippen molar-refractivity contribution >= 4 is 22.9 Å². The Hall–Kier alpha value is -2.82. The molecule has 0 atom stereocenters. The van der Waals surface area contributed by atoms with Gasteiger partial charge in [-0.3, -0.25) is 0 Å². The number of hydrogen-bond acceptors (Lipinski definition) is 4. The number of aliphatic imine (C=N–C) groups is 1. The lowest BCUT2D eigenvalue weighted by Crippen LogP contribution is -2.12. The molecule has 1 aromatic heterocycles. The molecule has 21 heavy (non-hydrogen) atoms. The molecule has 0 aliphatic rings. The van der Waals surface area contributed by atoms with Crippen molar-refractivity contribution in [3.8, 4) is 5.75 Å². The molecular weight excluding hydrogens is 266 g/mol. The highest BCUT2D eigenvalue weighted by atomic mass is 16.5. The van der Waals surface area contributed by atoms with Crippen LogP contribution in [0.1, 0.15) is 11.1 Å². The van der Waals surface area contributed by atoms with Crippen LogP contribution < -0.4 is 10.5 Å². The van der Waals surface area contributed by atoms with Gasteiger partial charge < -0.3 is 14.9 Å². The third kappa shape index (κ3) is 2.72. The fourth-order valence-electron chi connectivity index (χ4n) is 2.00. The molecule has 0 amide bonds. The van der Waals surface area contributed by atoms with Crippen LogP contribution in [0.15, 0.2) is 51.9 Å². The van der Waals surface area contributed by atoms with Crippen LogP contribution in [0.3, 0.4) is 0 Å². The van der Waals surface area contributed by atoms with Gasteiger partial charge in [-0.05, 0) is 48.9 Å². The SMILES string of the molecule is COc1ccc(/C(N)=N/c2nc3cc(C)ccc3o2)cc1. The predicted octanol–water partition coefficient (Wildman–Crippen LogP) is 3.18. The zero-order valence-corrected chi connectivity index (χ0v) is 11.8. The molecule has 0 radical (unpaired) electrons. The van der Waals surface area contributed by atoms with E-state index in [0.29, 0.717) is 11.4 Å². The first kappa shape index (κ1) is 13.2. The van der Waals surface area contributed by atoms with E-state index in [0.717, 1.165) is 22.4 Å². The van der Waals surface area contributed by atoms with Crippen LogP contribution >= 0.6 is 0 Å². The summed E-state index contributed by atoms with van der Waals surface area (Å²) in [6.45, 7) is 2.00. The van der Waals surface area contributed by atoms with E-state index in [4.69, 9.17) is 14.9 Å². The Morgan fingerprint density at radius 2 is 1.95 bits per heavy atom. The standard InChI is InChI=1S/C16H15N3O2/c1-10-3-8-14-13(9-10)18-16(21-14)19-15(17)11-4-6-12(20-2)7-5-11/h3-9H,1-2H3,(H2,17,18,19). The van der Waals surface area contributed by atoms with E-state index in [9.17, 15) is 0 Å². The second kappa shape index (κ2) is 5.28. The summed E-state index contributed by atoms with van der Waals surface area (Å²) >= 11 is 0. The van der Waals surface area contributed by atoms with E-state index in [2.05, 4.69) is 9.98 Å². The van der Waals surface area contributed by atoms with E-state index < -0.39 is 0 Å². The number of ether oxygens (including phenoxy) is 1. The van der Waals surface area contributed by atoms with Gasteiger partial charge in [0.25, 0.3) is 0 Å². The normalized spacial score (nSPS) is 11.8. The van der Waals surface area contributed by atoms with Gasteiger partial charge in [0.15, 0.2) is 5.58 Å².